The van der Waals surface area contributed by atoms with Crippen LogP contribution in [0.4, 0.5) is 11.4 Å². The first kappa shape index (κ1) is 22.9. The average molecular weight is 475 g/mol. The molecule has 8 heteroatoms. The van der Waals surface area contributed by atoms with E-state index in [1.165, 1.54) is 24.3 Å². The van der Waals surface area contributed by atoms with E-state index in [0.29, 0.717) is 29.0 Å². The van der Waals surface area contributed by atoms with Crippen LogP contribution < -0.4 is 15.0 Å². The lowest BCUT2D eigenvalue weighted by Gasteiger charge is -2.15. The van der Waals surface area contributed by atoms with Crippen molar-refractivity contribution < 1.29 is 23.9 Å². The Morgan fingerprint density at radius 3 is 2.18 bits per heavy atom. The molecule has 0 fully saturated rings. The molecular weight excluding hydrogens is 456 g/mol. The van der Waals surface area contributed by atoms with E-state index < -0.39 is 17.8 Å². The number of aldehydes is 1. The highest BCUT2D eigenvalue weighted by molar-refractivity contribution is 6.53. The summed E-state index contributed by atoms with van der Waals surface area (Å²) in [6.45, 7) is 2.01. The van der Waals surface area contributed by atoms with Gasteiger partial charge in [-0.2, -0.15) is 0 Å². The molecule has 3 aromatic rings. The van der Waals surface area contributed by atoms with Gasteiger partial charge in [-0.25, -0.2) is 9.69 Å². The van der Waals surface area contributed by atoms with Crippen molar-refractivity contribution in [1.82, 2.24) is 0 Å². The van der Waals surface area contributed by atoms with Gasteiger partial charge in [-0.15, -0.1) is 0 Å². The van der Waals surface area contributed by atoms with Crippen LogP contribution in [0.25, 0.3) is 0 Å². The maximum absolute atomic E-state index is 12.9. The van der Waals surface area contributed by atoms with Crippen LogP contribution in [0.3, 0.4) is 0 Å². The molecule has 1 aliphatic heterocycles. The molecule has 34 heavy (non-hydrogen) atoms. The summed E-state index contributed by atoms with van der Waals surface area (Å²) in [5, 5.41) is 2.66. The summed E-state index contributed by atoms with van der Waals surface area (Å²) in [6, 6.07) is 19.4. The Hall–Kier alpha value is -4.23. The summed E-state index contributed by atoms with van der Waals surface area (Å²) in [7, 11) is 0. The highest BCUT2D eigenvalue weighted by Crippen LogP contribution is 2.30. The van der Waals surface area contributed by atoms with E-state index >= 15 is 0 Å². The van der Waals surface area contributed by atoms with Gasteiger partial charge in [-0.1, -0.05) is 30.7 Å². The molecule has 4 rings (SSSR count). The molecule has 0 aliphatic carbocycles. The van der Waals surface area contributed by atoms with Gasteiger partial charge < -0.3 is 10.1 Å². The van der Waals surface area contributed by atoms with E-state index in [4.69, 9.17) is 16.3 Å². The molecule has 0 radical (unpaired) electrons. The molecular formula is C26H19ClN2O5. The standard InChI is InChI=1S/C26H19ClN2O5/c1-2-16-3-11-20(12-4-16)29-24(31)22(27)23(25(29)32)28-19-9-7-18(8-10-19)26(33)34-21-13-5-17(15-30)6-14-21/h3-15,28H,2H2,1H3. The molecule has 0 unspecified atom stereocenters. The van der Waals surface area contributed by atoms with Crippen LogP contribution in [0.5, 0.6) is 5.75 Å². The van der Waals surface area contributed by atoms with E-state index in [0.717, 1.165) is 16.9 Å². The fourth-order valence-corrected chi connectivity index (χ4v) is 3.55. The summed E-state index contributed by atoms with van der Waals surface area (Å²) in [6.07, 6.45) is 1.53. The molecule has 0 bridgehead atoms. The molecule has 1 aliphatic rings. The molecule has 170 valence electrons. The fraction of sp³-hybridized carbons (Fsp3) is 0.0769. The number of benzene rings is 3. The Balaban J connectivity index is 1.45. The van der Waals surface area contributed by atoms with Crippen molar-refractivity contribution >= 4 is 47.0 Å². The number of hydrogen-bond donors (Lipinski definition) is 1. The van der Waals surface area contributed by atoms with E-state index in [1.807, 2.05) is 19.1 Å². The third kappa shape index (κ3) is 4.60. The number of hydrogen-bond acceptors (Lipinski definition) is 6. The third-order valence-corrected chi connectivity index (χ3v) is 5.60. The summed E-state index contributed by atoms with van der Waals surface area (Å²) in [4.78, 5) is 49.6. The Morgan fingerprint density at radius 1 is 0.941 bits per heavy atom. The number of rotatable bonds is 7. The third-order valence-electron chi connectivity index (χ3n) is 5.25. The smallest absolute Gasteiger partial charge is 0.343 e. The lowest BCUT2D eigenvalue weighted by atomic mass is 10.1. The topological polar surface area (TPSA) is 92.8 Å². The van der Waals surface area contributed by atoms with Gasteiger partial charge in [-0.05, 0) is 72.6 Å². The van der Waals surface area contributed by atoms with Gasteiger partial charge >= 0.3 is 5.97 Å². The van der Waals surface area contributed by atoms with Crippen LogP contribution in [0.2, 0.25) is 0 Å². The predicted octanol–water partition coefficient (Wildman–Crippen LogP) is 4.72. The van der Waals surface area contributed by atoms with E-state index in [-0.39, 0.29) is 16.3 Å². The van der Waals surface area contributed by atoms with Crippen LogP contribution in [0.1, 0.15) is 33.2 Å². The normalized spacial score (nSPS) is 13.3. The maximum atomic E-state index is 12.9. The fourth-order valence-electron chi connectivity index (χ4n) is 3.34. The van der Waals surface area contributed by atoms with Crippen molar-refractivity contribution in [3.8, 4) is 5.75 Å². The van der Waals surface area contributed by atoms with Crippen molar-refractivity contribution in [3.05, 3.63) is 100 Å². The number of aryl methyl sites for hydroxylation is 1. The zero-order valence-corrected chi connectivity index (χ0v) is 18.8. The summed E-state index contributed by atoms with van der Waals surface area (Å²) in [5.74, 6) is -1.46. The Labute approximate surface area is 200 Å². The number of imide groups is 1. The van der Waals surface area contributed by atoms with E-state index in [2.05, 4.69) is 5.32 Å². The van der Waals surface area contributed by atoms with Gasteiger partial charge in [0, 0.05) is 11.3 Å². The van der Waals surface area contributed by atoms with Gasteiger partial charge in [0.2, 0.25) is 0 Å². The number of nitrogens with zero attached hydrogens (tertiary/aromatic N) is 1. The number of nitrogens with one attached hydrogen (secondary N) is 1. The number of amides is 2. The largest absolute Gasteiger partial charge is 0.423 e. The molecule has 0 spiro atoms. The molecule has 1 N–H and O–H groups in total. The number of ether oxygens (including phenoxy) is 1. The van der Waals surface area contributed by atoms with Crippen LogP contribution in [0.15, 0.2) is 83.5 Å². The first-order chi connectivity index (χ1) is 16.4. The molecule has 0 atom stereocenters. The number of esters is 1. The minimum Gasteiger partial charge on any atom is -0.423 e. The highest BCUT2D eigenvalue weighted by Gasteiger charge is 2.38. The number of halogens is 1. The quantitative estimate of drug-likeness (QED) is 0.230. The van der Waals surface area contributed by atoms with Gasteiger partial charge in [-0.3, -0.25) is 14.4 Å². The summed E-state index contributed by atoms with van der Waals surface area (Å²) < 4.78 is 5.29. The maximum Gasteiger partial charge on any atom is 0.343 e. The Bertz CT molecular complexity index is 1300. The monoisotopic (exact) mass is 474 g/mol. The van der Waals surface area contributed by atoms with Crippen molar-refractivity contribution in [1.29, 1.82) is 0 Å². The molecule has 3 aromatic carbocycles. The Kier molecular flexibility index (Phi) is 6.56. The zero-order valence-electron chi connectivity index (χ0n) is 18.1. The molecule has 7 nitrogen and oxygen atoms in total. The highest BCUT2D eigenvalue weighted by atomic mass is 35.5. The van der Waals surface area contributed by atoms with Gasteiger partial charge in [0.15, 0.2) is 0 Å². The lowest BCUT2D eigenvalue weighted by molar-refractivity contribution is -0.120. The van der Waals surface area contributed by atoms with Crippen LogP contribution in [-0.2, 0) is 16.0 Å². The SMILES string of the molecule is CCc1ccc(N2C(=O)C(Cl)=C(Nc3ccc(C(=O)Oc4ccc(C=O)cc4)cc3)C2=O)cc1. The van der Waals surface area contributed by atoms with Gasteiger partial charge in [0.25, 0.3) is 11.8 Å². The molecule has 0 saturated heterocycles. The molecule has 1 heterocycles. The van der Waals surface area contributed by atoms with Gasteiger partial charge in [0.1, 0.15) is 22.8 Å². The second kappa shape index (κ2) is 9.72. The second-order valence-electron chi connectivity index (χ2n) is 7.43. The number of carbonyl (C=O) groups is 4. The average Bonchev–Trinajstić information content (AvgIpc) is 3.08. The summed E-state index contributed by atoms with van der Waals surface area (Å²) >= 11 is 6.18. The minimum absolute atomic E-state index is 0.0446. The second-order valence-corrected chi connectivity index (χ2v) is 7.81. The molecule has 0 aromatic heterocycles. The van der Waals surface area contributed by atoms with E-state index in [1.54, 1.807) is 36.4 Å². The van der Waals surface area contributed by atoms with Gasteiger partial charge in [0.05, 0.1) is 11.3 Å². The van der Waals surface area contributed by atoms with Crippen molar-refractivity contribution in [2.75, 3.05) is 10.2 Å². The van der Waals surface area contributed by atoms with E-state index in [9.17, 15) is 19.2 Å². The Morgan fingerprint density at radius 2 is 1.59 bits per heavy atom. The summed E-state index contributed by atoms with van der Waals surface area (Å²) in [5.41, 5.74) is 2.68. The minimum atomic E-state index is -0.612. The number of anilines is 2. The van der Waals surface area contributed by atoms with Crippen molar-refractivity contribution in [3.63, 3.8) is 0 Å². The zero-order chi connectivity index (χ0) is 24.2. The predicted molar refractivity (Wildman–Crippen MR) is 128 cm³/mol. The first-order valence-electron chi connectivity index (χ1n) is 10.4. The molecule has 0 saturated carbocycles. The van der Waals surface area contributed by atoms with Crippen LogP contribution >= 0.6 is 11.6 Å². The number of carbonyl (C=O) groups excluding carboxylic acids is 4. The first-order valence-corrected chi connectivity index (χ1v) is 10.8. The molecule has 2 amide bonds. The van der Waals surface area contributed by atoms with Crippen molar-refractivity contribution in [2.24, 2.45) is 0 Å². The van der Waals surface area contributed by atoms with Crippen LogP contribution in [-0.4, -0.2) is 24.1 Å². The van der Waals surface area contributed by atoms with Crippen LogP contribution in [0, 0.1) is 0 Å². The lowest BCUT2D eigenvalue weighted by Crippen LogP contribution is -2.32. The van der Waals surface area contributed by atoms with Crippen molar-refractivity contribution in [2.45, 2.75) is 13.3 Å².